The molecule has 2 saturated carbocycles. The van der Waals surface area contributed by atoms with Gasteiger partial charge in [-0.25, -0.2) is 13.4 Å². The summed E-state index contributed by atoms with van der Waals surface area (Å²) in [4.78, 5) is 6.95. The molecule has 0 amide bonds. The molecule has 4 rings (SSSR count). The lowest BCUT2D eigenvalue weighted by Gasteiger charge is -2.33. The third kappa shape index (κ3) is 5.86. The number of aliphatic hydroxyl groups is 1. The molecule has 7 heteroatoms. The molecular weight excluding hydrogens is 398 g/mol. The van der Waals surface area contributed by atoms with E-state index >= 15 is 0 Å². The fourth-order valence-electron chi connectivity index (χ4n) is 5.40. The third-order valence-electron chi connectivity index (χ3n) is 7.26. The highest BCUT2D eigenvalue weighted by Gasteiger charge is 2.33. The number of hydrogen-bond acceptors (Lipinski definition) is 5. The minimum atomic E-state index is -3.32. The molecule has 1 saturated heterocycles. The van der Waals surface area contributed by atoms with Crippen LogP contribution in [0.25, 0.3) is 0 Å². The Labute approximate surface area is 182 Å². The molecule has 0 radical (unpaired) electrons. The highest BCUT2D eigenvalue weighted by molar-refractivity contribution is 7.91. The van der Waals surface area contributed by atoms with Gasteiger partial charge in [0.1, 0.15) is 0 Å². The number of nitrogens with zero attached hydrogens (tertiary/aromatic N) is 3. The summed E-state index contributed by atoms with van der Waals surface area (Å²) in [6.07, 6.45) is 14.5. The van der Waals surface area contributed by atoms with Crippen LogP contribution in [0.5, 0.6) is 0 Å². The number of piperidine rings is 1. The molecule has 0 bridgehead atoms. The summed E-state index contributed by atoms with van der Waals surface area (Å²) < 4.78 is 28.3. The van der Waals surface area contributed by atoms with Gasteiger partial charge in [-0.15, -0.1) is 0 Å². The number of hydrogen-bond donors (Lipinski definition) is 1. The zero-order chi connectivity index (χ0) is 21.0. The molecule has 170 valence electrons. The zero-order valence-corrected chi connectivity index (χ0v) is 19.2. The van der Waals surface area contributed by atoms with Gasteiger partial charge in [0.15, 0.2) is 0 Å². The van der Waals surface area contributed by atoms with E-state index in [0.717, 1.165) is 57.6 Å². The predicted molar refractivity (Wildman–Crippen MR) is 118 cm³/mol. The van der Waals surface area contributed by atoms with Crippen molar-refractivity contribution in [3.63, 3.8) is 0 Å². The third-order valence-corrected chi connectivity index (χ3v) is 9.05. The van der Waals surface area contributed by atoms with Crippen LogP contribution in [0, 0.1) is 17.8 Å². The molecule has 3 fully saturated rings. The first-order valence-corrected chi connectivity index (χ1v) is 13.8. The SMILES string of the molecule is O=S(=O)(CC1CC1)c1ncc(CN2CCCC(CCCO)C2)n1CC1CCCCC1. The molecular formula is C23H39N3O3S. The molecule has 0 aromatic carbocycles. The summed E-state index contributed by atoms with van der Waals surface area (Å²) >= 11 is 0. The van der Waals surface area contributed by atoms with Gasteiger partial charge in [0, 0.05) is 26.2 Å². The summed E-state index contributed by atoms with van der Waals surface area (Å²) in [5, 5.41) is 9.48. The van der Waals surface area contributed by atoms with Gasteiger partial charge in [0.25, 0.3) is 0 Å². The van der Waals surface area contributed by atoms with Crippen molar-refractivity contribution < 1.29 is 13.5 Å². The van der Waals surface area contributed by atoms with Crippen molar-refractivity contribution in [1.82, 2.24) is 14.5 Å². The topological polar surface area (TPSA) is 75.4 Å². The van der Waals surface area contributed by atoms with Crippen LogP contribution in [0.1, 0.15) is 76.3 Å². The smallest absolute Gasteiger partial charge is 0.227 e. The van der Waals surface area contributed by atoms with E-state index in [1.54, 1.807) is 0 Å². The number of rotatable bonds is 10. The Morgan fingerprint density at radius 2 is 1.77 bits per heavy atom. The summed E-state index contributed by atoms with van der Waals surface area (Å²) in [5.74, 6) is 1.81. The van der Waals surface area contributed by atoms with E-state index in [4.69, 9.17) is 5.11 Å². The Hall–Kier alpha value is -0.920. The van der Waals surface area contributed by atoms with Crippen LogP contribution >= 0.6 is 0 Å². The van der Waals surface area contributed by atoms with E-state index in [1.165, 1.54) is 44.9 Å². The van der Waals surface area contributed by atoms with Crippen LogP contribution in [-0.2, 0) is 22.9 Å². The second kappa shape index (κ2) is 10.1. The van der Waals surface area contributed by atoms with Gasteiger partial charge in [-0.3, -0.25) is 4.90 Å². The lowest BCUT2D eigenvalue weighted by atomic mass is 9.89. The van der Waals surface area contributed by atoms with Crippen LogP contribution in [0.4, 0.5) is 0 Å². The van der Waals surface area contributed by atoms with Gasteiger partial charge in [-0.1, -0.05) is 19.3 Å². The number of aliphatic hydroxyl groups excluding tert-OH is 1. The molecule has 2 aliphatic carbocycles. The van der Waals surface area contributed by atoms with E-state index < -0.39 is 9.84 Å². The van der Waals surface area contributed by atoms with E-state index in [0.29, 0.717) is 22.9 Å². The van der Waals surface area contributed by atoms with Crippen molar-refractivity contribution in [2.75, 3.05) is 25.4 Å². The fourth-order valence-corrected chi connectivity index (χ4v) is 7.24. The lowest BCUT2D eigenvalue weighted by Crippen LogP contribution is -2.36. The van der Waals surface area contributed by atoms with E-state index in [-0.39, 0.29) is 12.4 Å². The van der Waals surface area contributed by atoms with Crippen molar-refractivity contribution in [3.05, 3.63) is 11.9 Å². The van der Waals surface area contributed by atoms with Crippen molar-refractivity contribution in [1.29, 1.82) is 0 Å². The molecule has 1 aromatic heterocycles. The van der Waals surface area contributed by atoms with Crippen LogP contribution in [0.15, 0.2) is 11.4 Å². The Bertz CT molecular complexity index is 782. The number of sulfone groups is 1. The van der Waals surface area contributed by atoms with Crippen molar-refractivity contribution in [2.45, 2.75) is 88.9 Å². The normalized spacial score (nSPS) is 24.4. The summed E-state index contributed by atoms with van der Waals surface area (Å²) in [5.41, 5.74) is 1.07. The maximum Gasteiger partial charge on any atom is 0.227 e. The summed E-state index contributed by atoms with van der Waals surface area (Å²) in [6, 6.07) is 0. The second-order valence-corrected chi connectivity index (χ2v) is 11.9. The zero-order valence-electron chi connectivity index (χ0n) is 18.3. The standard InChI is InChI=1S/C23H39N3O3S/c27-13-5-9-19-8-4-12-25(15-19)17-22-14-24-23(30(28,29)18-21-10-11-21)26(22)16-20-6-2-1-3-7-20/h14,19-21,27H,1-13,15-18H2. The molecule has 30 heavy (non-hydrogen) atoms. The van der Waals surface area contributed by atoms with Crippen LogP contribution in [0.3, 0.4) is 0 Å². The largest absolute Gasteiger partial charge is 0.396 e. The number of likely N-dealkylation sites (tertiary alicyclic amines) is 1. The monoisotopic (exact) mass is 437 g/mol. The molecule has 1 unspecified atom stereocenters. The quantitative estimate of drug-likeness (QED) is 0.605. The van der Waals surface area contributed by atoms with E-state index in [9.17, 15) is 8.42 Å². The first-order chi connectivity index (χ1) is 14.5. The highest BCUT2D eigenvalue weighted by Crippen LogP contribution is 2.33. The Balaban J connectivity index is 1.51. The second-order valence-electron chi connectivity index (χ2n) is 9.98. The fraction of sp³-hybridized carbons (Fsp3) is 0.870. The molecule has 6 nitrogen and oxygen atoms in total. The first kappa shape index (κ1) is 22.3. The molecule has 0 spiro atoms. The first-order valence-electron chi connectivity index (χ1n) is 12.2. The van der Waals surface area contributed by atoms with Crippen LogP contribution in [0.2, 0.25) is 0 Å². The predicted octanol–water partition coefficient (Wildman–Crippen LogP) is 3.63. The van der Waals surface area contributed by atoms with Gasteiger partial charge in [0.2, 0.25) is 15.0 Å². The molecule has 1 aromatic rings. The molecule has 1 aliphatic heterocycles. The van der Waals surface area contributed by atoms with Crippen LogP contribution < -0.4 is 0 Å². The maximum atomic E-state index is 13.1. The van der Waals surface area contributed by atoms with Gasteiger partial charge in [0.05, 0.1) is 17.6 Å². The van der Waals surface area contributed by atoms with Crippen molar-refractivity contribution in [2.24, 2.45) is 17.8 Å². The van der Waals surface area contributed by atoms with Gasteiger partial charge in [-0.05, 0) is 75.7 Å². The average molecular weight is 438 g/mol. The van der Waals surface area contributed by atoms with Gasteiger partial charge >= 0.3 is 0 Å². The Kier molecular flexibility index (Phi) is 7.53. The molecule has 1 atom stereocenters. The molecule has 3 aliphatic rings. The van der Waals surface area contributed by atoms with Gasteiger partial charge < -0.3 is 9.67 Å². The maximum absolute atomic E-state index is 13.1. The minimum absolute atomic E-state index is 0.265. The number of aromatic nitrogens is 2. The van der Waals surface area contributed by atoms with Crippen molar-refractivity contribution in [3.8, 4) is 0 Å². The number of imidazole rings is 1. The Morgan fingerprint density at radius 3 is 2.50 bits per heavy atom. The van der Waals surface area contributed by atoms with E-state index in [2.05, 4.69) is 14.5 Å². The van der Waals surface area contributed by atoms with Crippen LogP contribution in [-0.4, -0.2) is 53.4 Å². The summed E-state index contributed by atoms with van der Waals surface area (Å²) in [6.45, 7) is 3.96. The lowest BCUT2D eigenvalue weighted by molar-refractivity contribution is 0.149. The molecule has 1 N–H and O–H groups in total. The van der Waals surface area contributed by atoms with Crippen molar-refractivity contribution >= 4 is 9.84 Å². The highest BCUT2D eigenvalue weighted by atomic mass is 32.2. The van der Waals surface area contributed by atoms with Gasteiger partial charge in [-0.2, -0.15) is 0 Å². The molecule has 2 heterocycles. The van der Waals surface area contributed by atoms with E-state index in [1.807, 2.05) is 6.20 Å². The average Bonchev–Trinajstić information content (AvgIpc) is 3.46. The Morgan fingerprint density at radius 1 is 1.00 bits per heavy atom. The minimum Gasteiger partial charge on any atom is -0.396 e. The summed E-state index contributed by atoms with van der Waals surface area (Å²) in [7, 11) is -3.32.